The van der Waals surface area contributed by atoms with E-state index in [-0.39, 0.29) is 17.5 Å². The summed E-state index contributed by atoms with van der Waals surface area (Å²) in [7, 11) is -4.03. The predicted octanol–water partition coefficient (Wildman–Crippen LogP) is 3.54. The quantitative estimate of drug-likeness (QED) is 0.460. The topological polar surface area (TPSA) is 107 Å². The van der Waals surface area contributed by atoms with E-state index in [9.17, 15) is 13.2 Å². The Bertz CT molecular complexity index is 1040. The molecule has 0 aliphatic heterocycles. The fourth-order valence-corrected chi connectivity index (χ4v) is 3.36. The average Bonchev–Trinajstić information content (AvgIpc) is 2.73. The second-order valence-electron chi connectivity index (χ2n) is 6.63. The minimum absolute atomic E-state index is 0.0278. The minimum Gasteiger partial charge on any atom is -0.460 e. The van der Waals surface area contributed by atoms with Gasteiger partial charge >= 0.3 is 5.97 Å². The van der Waals surface area contributed by atoms with Crippen molar-refractivity contribution in [3.63, 3.8) is 0 Å². The Kier molecular flexibility index (Phi) is 8.73. The van der Waals surface area contributed by atoms with E-state index >= 15 is 0 Å². The fraction of sp³-hybridized carbons (Fsp3) is 0.174. The Labute approximate surface area is 177 Å². The molecule has 6 nitrogen and oxygen atoms in total. The SMILES string of the molecule is Cc1ccccc1S(=O)(=O)O.NC(Cc1ccccc1)C(=O)OCc1ccccc1. The third-order valence-corrected chi connectivity index (χ3v) is 5.21. The van der Waals surface area contributed by atoms with Gasteiger partial charge in [-0.25, -0.2) is 0 Å². The lowest BCUT2D eigenvalue weighted by atomic mass is 10.1. The van der Waals surface area contributed by atoms with Crippen LogP contribution in [0.4, 0.5) is 0 Å². The molecule has 158 valence electrons. The summed E-state index contributed by atoms with van der Waals surface area (Å²) in [5.74, 6) is -0.368. The lowest BCUT2D eigenvalue weighted by Crippen LogP contribution is -2.34. The minimum atomic E-state index is -4.03. The molecule has 1 atom stereocenters. The van der Waals surface area contributed by atoms with E-state index in [2.05, 4.69) is 0 Å². The molecule has 0 saturated carbocycles. The Hall–Kier alpha value is -3.00. The zero-order chi connectivity index (χ0) is 22.0. The highest BCUT2D eigenvalue weighted by atomic mass is 32.2. The molecule has 0 aromatic heterocycles. The number of ether oxygens (including phenoxy) is 1. The number of carbonyl (C=O) groups excluding carboxylic acids is 1. The van der Waals surface area contributed by atoms with E-state index in [0.717, 1.165) is 11.1 Å². The molecule has 30 heavy (non-hydrogen) atoms. The number of carbonyl (C=O) groups is 1. The molecule has 1 unspecified atom stereocenters. The van der Waals surface area contributed by atoms with Gasteiger partial charge in [0.25, 0.3) is 10.1 Å². The van der Waals surface area contributed by atoms with E-state index in [4.69, 9.17) is 15.0 Å². The van der Waals surface area contributed by atoms with Gasteiger partial charge in [0.2, 0.25) is 0 Å². The van der Waals surface area contributed by atoms with Gasteiger partial charge in [-0.2, -0.15) is 8.42 Å². The van der Waals surface area contributed by atoms with Crippen molar-refractivity contribution in [2.24, 2.45) is 5.73 Å². The zero-order valence-corrected chi connectivity index (χ0v) is 17.5. The molecule has 0 aliphatic carbocycles. The van der Waals surface area contributed by atoms with Gasteiger partial charge < -0.3 is 10.5 Å². The molecule has 0 saturated heterocycles. The van der Waals surface area contributed by atoms with Crippen LogP contribution in [0.5, 0.6) is 0 Å². The number of esters is 1. The van der Waals surface area contributed by atoms with Crippen molar-refractivity contribution in [3.8, 4) is 0 Å². The van der Waals surface area contributed by atoms with E-state index in [1.807, 2.05) is 60.7 Å². The third-order valence-electron chi connectivity index (χ3n) is 4.20. The lowest BCUT2D eigenvalue weighted by molar-refractivity contribution is -0.146. The highest BCUT2D eigenvalue weighted by Crippen LogP contribution is 2.12. The summed E-state index contributed by atoms with van der Waals surface area (Å²) in [6.07, 6.45) is 0.495. The number of nitrogens with two attached hydrogens (primary N) is 1. The van der Waals surface area contributed by atoms with Crippen LogP contribution in [-0.2, 0) is 32.7 Å². The number of hydrogen-bond acceptors (Lipinski definition) is 5. The Balaban J connectivity index is 0.000000248. The van der Waals surface area contributed by atoms with Gasteiger partial charge in [0.1, 0.15) is 12.6 Å². The summed E-state index contributed by atoms with van der Waals surface area (Å²) in [6.45, 7) is 1.89. The first-order valence-corrected chi connectivity index (χ1v) is 10.7. The van der Waals surface area contributed by atoms with Crippen molar-refractivity contribution in [2.75, 3.05) is 0 Å². The molecule has 3 aromatic rings. The maximum atomic E-state index is 11.8. The number of hydrogen-bond donors (Lipinski definition) is 2. The molecule has 0 fully saturated rings. The first kappa shape index (κ1) is 23.3. The van der Waals surface area contributed by atoms with Crippen LogP contribution >= 0.6 is 0 Å². The molecule has 3 N–H and O–H groups in total. The van der Waals surface area contributed by atoms with Gasteiger partial charge in [-0.3, -0.25) is 9.35 Å². The molecule has 7 heteroatoms. The predicted molar refractivity (Wildman–Crippen MR) is 115 cm³/mol. The van der Waals surface area contributed by atoms with Crippen molar-refractivity contribution in [2.45, 2.75) is 30.9 Å². The Morgan fingerprint density at radius 3 is 1.90 bits per heavy atom. The molecule has 0 amide bonds. The molecule has 3 rings (SSSR count). The summed E-state index contributed by atoms with van der Waals surface area (Å²) in [4.78, 5) is 11.7. The van der Waals surface area contributed by atoms with Gasteiger partial charge in [-0.15, -0.1) is 0 Å². The van der Waals surface area contributed by atoms with E-state index in [0.29, 0.717) is 12.0 Å². The van der Waals surface area contributed by atoms with Gasteiger partial charge in [-0.05, 0) is 36.1 Å². The average molecular weight is 428 g/mol. The molecule has 0 radical (unpaired) electrons. The summed E-state index contributed by atoms with van der Waals surface area (Å²) >= 11 is 0. The number of benzene rings is 3. The first-order chi connectivity index (χ1) is 14.3. The molecule has 0 aliphatic rings. The maximum Gasteiger partial charge on any atom is 0.323 e. The molecule has 3 aromatic carbocycles. The highest BCUT2D eigenvalue weighted by Gasteiger charge is 2.15. The second kappa shape index (κ2) is 11.3. The molecule has 0 bridgehead atoms. The van der Waals surface area contributed by atoms with E-state index < -0.39 is 16.2 Å². The van der Waals surface area contributed by atoms with Crippen molar-refractivity contribution in [1.82, 2.24) is 0 Å². The zero-order valence-electron chi connectivity index (χ0n) is 16.6. The molecular weight excluding hydrogens is 402 g/mol. The lowest BCUT2D eigenvalue weighted by Gasteiger charge is -2.11. The van der Waals surface area contributed by atoms with Gasteiger partial charge in [0, 0.05) is 0 Å². The third kappa shape index (κ3) is 7.79. The Morgan fingerprint density at radius 1 is 0.900 bits per heavy atom. The van der Waals surface area contributed by atoms with Gasteiger partial charge in [0.05, 0.1) is 4.90 Å². The van der Waals surface area contributed by atoms with Crippen LogP contribution in [0.15, 0.2) is 89.8 Å². The standard InChI is InChI=1S/C16H17NO2.C7H8O3S/c17-15(11-13-7-3-1-4-8-13)16(18)19-12-14-9-5-2-6-10-14;1-6-4-2-3-5-7(6)11(8,9)10/h1-10,15H,11-12,17H2;2-5H,1H3,(H,8,9,10). The van der Waals surface area contributed by atoms with Crippen LogP contribution in [0.1, 0.15) is 16.7 Å². The van der Waals surface area contributed by atoms with Gasteiger partial charge in [-0.1, -0.05) is 78.9 Å². The maximum absolute atomic E-state index is 11.8. The van der Waals surface area contributed by atoms with Crippen molar-refractivity contribution in [3.05, 3.63) is 102 Å². The van der Waals surface area contributed by atoms with Crippen LogP contribution in [0.2, 0.25) is 0 Å². The normalized spacial score (nSPS) is 11.7. The largest absolute Gasteiger partial charge is 0.460 e. The van der Waals surface area contributed by atoms with Crippen molar-refractivity contribution < 1.29 is 22.5 Å². The van der Waals surface area contributed by atoms with Crippen LogP contribution in [0, 0.1) is 6.92 Å². The summed E-state index contributed by atoms with van der Waals surface area (Å²) < 4.78 is 35.1. The van der Waals surface area contributed by atoms with E-state index in [1.54, 1.807) is 25.1 Å². The smallest absolute Gasteiger partial charge is 0.323 e. The first-order valence-electron chi connectivity index (χ1n) is 9.30. The van der Waals surface area contributed by atoms with Crippen LogP contribution in [0.3, 0.4) is 0 Å². The summed E-state index contributed by atoms with van der Waals surface area (Å²) in [5.41, 5.74) is 8.38. The van der Waals surface area contributed by atoms with Crippen LogP contribution in [0.25, 0.3) is 0 Å². The van der Waals surface area contributed by atoms with Crippen LogP contribution in [-0.4, -0.2) is 25.0 Å². The number of aryl methyl sites for hydroxylation is 1. The highest BCUT2D eigenvalue weighted by molar-refractivity contribution is 7.85. The number of rotatable bonds is 6. The molecule has 0 heterocycles. The molecular formula is C23H25NO5S. The summed E-state index contributed by atoms with van der Waals surface area (Å²) in [5, 5.41) is 0. The molecule has 0 spiro atoms. The van der Waals surface area contributed by atoms with Gasteiger partial charge in [0.15, 0.2) is 0 Å². The monoisotopic (exact) mass is 427 g/mol. The Morgan fingerprint density at radius 2 is 1.40 bits per heavy atom. The second-order valence-corrected chi connectivity index (χ2v) is 8.02. The van der Waals surface area contributed by atoms with Crippen molar-refractivity contribution in [1.29, 1.82) is 0 Å². The fourth-order valence-electron chi connectivity index (χ4n) is 2.63. The van der Waals surface area contributed by atoms with Crippen molar-refractivity contribution >= 4 is 16.1 Å². The summed E-state index contributed by atoms with van der Waals surface area (Å²) in [6, 6.07) is 24.9. The van der Waals surface area contributed by atoms with E-state index in [1.165, 1.54) is 6.07 Å². The van der Waals surface area contributed by atoms with Crippen LogP contribution < -0.4 is 5.73 Å².